The van der Waals surface area contributed by atoms with E-state index in [1.54, 1.807) is 54.6 Å². The van der Waals surface area contributed by atoms with Crippen molar-refractivity contribution in [1.29, 1.82) is 0 Å². The number of hydrogen-bond acceptors (Lipinski definition) is 5. The predicted molar refractivity (Wildman–Crippen MR) is 132 cm³/mol. The third-order valence-corrected chi connectivity index (χ3v) is 7.36. The third-order valence-electron chi connectivity index (χ3n) is 4.53. The van der Waals surface area contributed by atoms with Crippen molar-refractivity contribution in [3.63, 3.8) is 0 Å². The van der Waals surface area contributed by atoms with Crippen LogP contribution >= 0.6 is 31.9 Å². The van der Waals surface area contributed by atoms with Crippen molar-refractivity contribution in [2.45, 2.75) is 11.8 Å². The van der Waals surface area contributed by atoms with E-state index in [-0.39, 0.29) is 15.4 Å². The second-order valence-corrected chi connectivity index (χ2v) is 10.4. The second kappa shape index (κ2) is 10.5. The summed E-state index contributed by atoms with van der Waals surface area (Å²) in [5.74, 6) is 0.369. The molecule has 3 rings (SSSR count). The minimum atomic E-state index is -4.11. The second-order valence-electron chi connectivity index (χ2n) is 6.65. The summed E-state index contributed by atoms with van der Waals surface area (Å²) in [5.41, 5.74) is 0.754. The number of ketones is 1. The molecule has 3 aromatic carbocycles. The lowest BCUT2D eigenvalue weighted by Gasteiger charge is -2.12. The first-order chi connectivity index (χ1) is 15.3. The number of methoxy groups -OCH3 is 1. The number of carbonyl (C=O) groups excluding carboxylic acids is 1. The molecule has 8 heteroatoms. The van der Waals surface area contributed by atoms with Crippen LogP contribution < -0.4 is 9.47 Å². The molecule has 0 amide bonds. The van der Waals surface area contributed by atoms with Crippen LogP contribution in [0.25, 0.3) is 6.08 Å². The van der Waals surface area contributed by atoms with E-state index in [1.807, 2.05) is 6.92 Å². The van der Waals surface area contributed by atoms with Gasteiger partial charge in [-0.25, -0.2) is 8.42 Å². The fraction of sp³-hybridized carbons (Fsp3) is 0.125. The van der Waals surface area contributed by atoms with Gasteiger partial charge in [0.15, 0.2) is 11.5 Å². The predicted octanol–water partition coefficient (Wildman–Crippen LogP) is 6.32. The van der Waals surface area contributed by atoms with Crippen molar-refractivity contribution >= 4 is 53.6 Å². The maximum absolute atomic E-state index is 13.5. The van der Waals surface area contributed by atoms with Gasteiger partial charge in [0, 0.05) is 14.5 Å². The molecule has 0 spiro atoms. The zero-order valence-electron chi connectivity index (χ0n) is 17.3. The lowest BCUT2D eigenvalue weighted by atomic mass is 10.1. The van der Waals surface area contributed by atoms with Gasteiger partial charge in [-0.1, -0.05) is 37.9 Å². The van der Waals surface area contributed by atoms with Crippen molar-refractivity contribution < 1.29 is 22.7 Å². The monoisotopic (exact) mass is 578 g/mol. The molecule has 3 aromatic rings. The Kier molecular flexibility index (Phi) is 7.92. The number of sulfone groups is 1. The van der Waals surface area contributed by atoms with E-state index in [2.05, 4.69) is 31.9 Å². The summed E-state index contributed by atoms with van der Waals surface area (Å²) < 4.78 is 39.4. The first kappa shape index (κ1) is 24.2. The molecule has 0 saturated carbocycles. The van der Waals surface area contributed by atoms with Crippen LogP contribution in [0.2, 0.25) is 0 Å². The zero-order chi connectivity index (χ0) is 23.3. The molecule has 0 saturated heterocycles. The van der Waals surface area contributed by atoms with Gasteiger partial charge in [-0.15, -0.1) is 0 Å². The summed E-state index contributed by atoms with van der Waals surface area (Å²) in [4.78, 5) is 13.0. The largest absolute Gasteiger partial charge is 0.493 e. The van der Waals surface area contributed by atoms with Crippen LogP contribution in [-0.4, -0.2) is 27.9 Å². The van der Waals surface area contributed by atoms with Gasteiger partial charge in [0.1, 0.15) is 4.91 Å². The van der Waals surface area contributed by atoms with E-state index in [9.17, 15) is 13.2 Å². The molecule has 0 N–H and O–H groups in total. The molecule has 0 aliphatic heterocycles. The van der Waals surface area contributed by atoms with Crippen LogP contribution in [0.1, 0.15) is 22.8 Å². The van der Waals surface area contributed by atoms with E-state index in [1.165, 1.54) is 25.3 Å². The van der Waals surface area contributed by atoms with Gasteiger partial charge in [0.2, 0.25) is 15.6 Å². The Hall–Kier alpha value is -2.42. The Balaban J connectivity index is 2.17. The Bertz CT molecular complexity index is 1250. The topological polar surface area (TPSA) is 69.7 Å². The standard InChI is InChI=1S/C24H20Br2O5S/c1-3-31-21-13-4-16(14-22(21)30-2)15-23(24(27)17-5-7-18(25)8-6-17)32(28,29)20-11-9-19(26)10-12-20/h4-15H,3H2,1-2H3/b23-15+. The molecule has 5 nitrogen and oxygen atoms in total. The molecule has 0 radical (unpaired) electrons. The molecule has 0 aliphatic rings. The first-order valence-electron chi connectivity index (χ1n) is 9.59. The van der Waals surface area contributed by atoms with Gasteiger partial charge in [0.25, 0.3) is 0 Å². The van der Waals surface area contributed by atoms with E-state index < -0.39 is 15.6 Å². The number of allylic oxidation sites excluding steroid dienone is 1. The van der Waals surface area contributed by atoms with Gasteiger partial charge in [-0.3, -0.25) is 4.79 Å². The normalized spacial score (nSPS) is 11.8. The van der Waals surface area contributed by atoms with Gasteiger partial charge >= 0.3 is 0 Å². The molecule has 0 aliphatic carbocycles. The summed E-state index contributed by atoms with van der Waals surface area (Å²) in [6.45, 7) is 2.31. The van der Waals surface area contributed by atoms with Crippen molar-refractivity contribution in [3.8, 4) is 11.5 Å². The first-order valence-corrected chi connectivity index (χ1v) is 12.7. The number of carbonyl (C=O) groups is 1. The Morgan fingerprint density at radius 3 is 2.06 bits per heavy atom. The molecular weight excluding hydrogens is 560 g/mol. The van der Waals surface area contributed by atoms with Gasteiger partial charge in [0.05, 0.1) is 18.6 Å². The van der Waals surface area contributed by atoms with Crippen LogP contribution in [0.5, 0.6) is 11.5 Å². The number of halogens is 2. The maximum Gasteiger partial charge on any atom is 0.210 e. The molecule has 0 atom stereocenters. The summed E-state index contributed by atoms with van der Waals surface area (Å²) in [5, 5.41) is 0. The molecule has 0 fully saturated rings. The van der Waals surface area contributed by atoms with Crippen molar-refractivity contribution in [3.05, 3.63) is 91.7 Å². The number of hydrogen-bond donors (Lipinski definition) is 0. The molecule has 0 bridgehead atoms. The summed E-state index contributed by atoms with van der Waals surface area (Å²) in [7, 11) is -2.61. The third kappa shape index (κ3) is 5.49. The van der Waals surface area contributed by atoms with Crippen LogP contribution in [-0.2, 0) is 9.84 Å². The quantitative estimate of drug-likeness (QED) is 0.231. The minimum Gasteiger partial charge on any atom is -0.493 e. The van der Waals surface area contributed by atoms with E-state index >= 15 is 0 Å². The minimum absolute atomic E-state index is 0.0234. The van der Waals surface area contributed by atoms with Crippen molar-refractivity contribution in [2.75, 3.05) is 13.7 Å². The Labute approximate surface area is 204 Å². The van der Waals surface area contributed by atoms with Gasteiger partial charge in [-0.05, 0) is 79.2 Å². The Morgan fingerprint density at radius 2 is 1.50 bits per heavy atom. The van der Waals surface area contributed by atoms with E-state index in [4.69, 9.17) is 9.47 Å². The van der Waals surface area contributed by atoms with Crippen LogP contribution in [0, 0.1) is 0 Å². The molecular formula is C24H20Br2O5S. The summed E-state index contributed by atoms with van der Waals surface area (Å²) in [6.07, 6.45) is 1.36. The SMILES string of the molecule is CCOc1ccc(/C=C(\C(=O)c2ccc(Br)cc2)S(=O)(=O)c2ccc(Br)cc2)cc1OC. The fourth-order valence-electron chi connectivity index (χ4n) is 2.95. The number of benzene rings is 3. The molecule has 0 unspecified atom stereocenters. The van der Waals surface area contributed by atoms with Crippen LogP contribution in [0.4, 0.5) is 0 Å². The molecule has 166 valence electrons. The van der Waals surface area contributed by atoms with E-state index in [0.29, 0.717) is 23.7 Å². The van der Waals surface area contributed by atoms with E-state index in [0.717, 1.165) is 8.95 Å². The van der Waals surface area contributed by atoms with Gasteiger partial charge in [-0.2, -0.15) is 0 Å². The molecule has 0 heterocycles. The van der Waals surface area contributed by atoms with Crippen molar-refractivity contribution in [1.82, 2.24) is 0 Å². The lowest BCUT2D eigenvalue weighted by Crippen LogP contribution is -2.14. The average molecular weight is 580 g/mol. The summed E-state index contributed by atoms with van der Waals surface area (Å²) >= 11 is 6.63. The smallest absolute Gasteiger partial charge is 0.210 e. The highest BCUT2D eigenvalue weighted by atomic mass is 79.9. The highest BCUT2D eigenvalue weighted by Crippen LogP contribution is 2.31. The zero-order valence-corrected chi connectivity index (χ0v) is 21.3. The fourth-order valence-corrected chi connectivity index (χ4v) is 4.88. The average Bonchev–Trinajstić information content (AvgIpc) is 2.78. The summed E-state index contributed by atoms with van der Waals surface area (Å²) in [6, 6.07) is 17.7. The number of Topliss-reactive ketones (excluding diaryl/α,β-unsaturated/α-hetero) is 1. The lowest BCUT2D eigenvalue weighted by molar-refractivity contribution is 0.104. The molecule has 0 aromatic heterocycles. The van der Waals surface area contributed by atoms with Crippen LogP contribution in [0.15, 0.2) is 85.5 Å². The van der Waals surface area contributed by atoms with Crippen molar-refractivity contribution in [2.24, 2.45) is 0 Å². The highest BCUT2D eigenvalue weighted by Gasteiger charge is 2.28. The van der Waals surface area contributed by atoms with Crippen LogP contribution in [0.3, 0.4) is 0 Å². The maximum atomic E-state index is 13.5. The van der Waals surface area contributed by atoms with Gasteiger partial charge < -0.3 is 9.47 Å². The Morgan fingerprint density at radius 1 is 0.906 bits per heavy atom. The molecule has 32 heavy (non-hydrogen) atoms. The number of rotatable bonds is 8. The number of ether oxygens (including phenoxy) is 2. The highest BCUT2D eigenvalue weighted by molar-refractivity contribution is 9.10.